The maximum Gasteiger partial charge on any atom is 0.294 e. The average Bonchev–Trinajstić information content (AvgIpc) is 3.55. The Morgan fingerprint density at radius 3 is 2.54 bits per heavy atom. The standard InChI is InChI=1S/C43H51F2N11O5/c1-23(2)56-40-27(15-35(42(56)60)61-22-37(58)46-4)14-28(19-47-40)49-39-24(3)18-48-43(51-39)55-13-10-26(33(45)21-55)20-54-11-8-25(9-12-54)30-17-34-31(16-32(30)44)38(52-53(34)5)29-6-7-36(57)50-41(29)59/h14-19,23,25-26,29,33H,6-13,20-22H2,1-5H3,(H,46,58)(H,48,49,51)(H,50,57,59)/t26-,29?,33?/m0/s1. The van der Waals surface area contributed by atoms with Crippen LogP contribution in [0.25, 0.3) is 21.9 Å². The summed E-state index contributed by atoms with van der Waals surface area (Å²) in [6.07, 6.45) is 4.88. The Kier molecular flexibility index (Phi) is 11.7. The third kappa shape index (κ3) is 8.49. The van der Waals surface area contributed by atoms with Crippen LogP contribution >= 0.6 is 0 Å². The van der Waals surface area contributed by atoms with Crippen molar-refractivity contribution < 1.29 is 27.9 Å². The first-order valence-electron chi connectivity index (χ1n) is 20.9. The van der Waals surface area contributed by atoms with Crippen molar-refractivity contribution in [3.05, 3.63) is 69.7 Å². The number of aromatic nitrogens is 6. The van der Waals surface area contributed by atoms with Gasteiger partial charge in [0.15, 0.2) is 12.4 Å². The van der Waals surface area contributed by atoms with Crippen LogP contribution in [-0.2, 0) is 21.4 Å². The number of nitrogens with zero attached hydrogens (tertiary/aromatic N) is 8. The van der Waals surface area contributed by atoms with Crippen molar-refractivity contribution in [2.45, 2.75) is 76.9 Å². The first-order chi connectivity index (χ1) is 29.3. The number of piperidine rings is 3. The molecule has 3 aliphatic rings. The Morgan fingerprint density at radius 2 is 1.82 bits per heavy atom. The van der Waals surface area contributed by atoms with Gasteiger partial charge in [-0.1, -0.05) is 0 Å². The molecule has 8 rings (SSSR count). The molecule has 3 N–H and O–H groups in total. The minimum absolute atomic E-state index is 0.00153. The molecule has 0 spiro atoms. The molecule has 3 aliphatic heterocycles. The van der Waals surface area contributed by atoms with E-state index in [4.69, 9.17) is 9.72 Å². The number of nitrogens with one attached hydrogen (secondary N) is 3. The lowest BCUT2D eigenvalue weighted by atomic mass is 9.86. The van der Waals surface area contributed by atoms with Crippen LogP contribution in [0.2, 0.25) is 0 Å². The maximum absolute atomic E-state index is 15.9. The second kappa shape index (κ2) is 17.1. The van der Waals surface area contributed by atoms with Crippen molar-refractivity contribution in [1.29, 1.82) is 0 Å². The van der Waals surface area contributed by atoms with Gasteiger partial charge in [0.2, 0.25) is 17.8 Å². The number of rotatable bonds is 11. The van der Waals surface area contributed by atoms with Crippen molar-refractivity contribution in [2.75, 3.05) is 56.6 Å². The lowest BCUT2D eigenvalue weighted by molar-refractivity contribution is -0.134. The minimum Gasteiger partial charge on any atom is -0.478 e. The van der Waals surface area contributed by atoms with Gasteiger partial charge in [-0.25, -0.2) is 18.7 Å². The molecule has 3 fully saturated rings. The zero-order chi connectivity index (χ0) is 43.1. The molecule has 1 aromatic carbocycles. The average molecular weight is 840 g/mol. The lowest BCUT2D eigenvalue weighted by Crippen LogP contribution is -2.47. The van der Waals surface area contributed by atoms with Gasteiger partial charge in [-0.15, -0.1) is 0 Å². The number of alkyl halides is 1. The molecule has 5 aromatic rings. The minimum atomic E-state index is -1.10. The Hall–Kier alpha value is -6.04. The Morgan fingerprint density at radius 1 is 1.03 bits per heavy atom. The highest BCUT2D eigenvalue weighted by molar-refractivity contribution is 6.02. The monoisotopic (exact) mass is 839 g/mol. The third-order valence-corrected chi connectivity index (χ3v) is 12.3. The van der Waals surface area contributed by atoms with E-state index in [0.717, 1.165) is 37.0 Å². The topological polar surface area (TPSA) is 181 Å². The van der Waals surface area contributed by atoms with E-state index < -0.39 is 18.0 Å². The molecule has 3 saturated heterocycles. The number of hydrogen-bond donors (Lipinski definition) is 3. The largest absolute Gasteiger partial charge is 0.478 e. The number of carbonyl (C=O) groups is 3. The quantitative estimate of drug-likeness (QED) is 0.158. The summed E-state index contributed by atoms with van der Waals surface area (Å²) in [5.74, 6) is -1.18. The first-order valence-corrected chi connectivity index (χ1v) is 20.9. The SMILES string of the molecule is CNC(=O)COc1cc2cc(Nc3nc(N4CC[C@@H](CN5CCC(c6cc7c(cc6F)c(C6CCC(=O)NC6=O)nn7C)CC5)C(F)C4)ncc3C)cnc2n(C(C)C)c1=O. The Labute approximate surface area is 351 Å². The van der Waals surface area contributed by atoms with Crippen molar-refractivity contribution >= 4 is 57.1 Å². The molecule has 4 aromatic heterocycles. The molecule has 0 bridgehead atoms. The summed E-state index contributed by atoms with van der Waals surface area (Å²) in [7, 11) is 3.28. The number of likely N-dealkylation sites (N-methyl/N-ethyl adjacent to an activating group) is 1. The fourth-order valence-electron chi connectivity index (χ4n) is 8.86. The van der Waals surface area contributed by atoms with Gasteiger partial charge in [-0.2, -0.15) is 10.1 Å². The number of imide groups is 1. The Bertz CT molecular complexity index is 2570. The number of benzene rings is 1. The van der Waals surface area contributed by atoms with E-state index in [2.05, 4.69) is 35.9 Å². The highest BCUT2D eigenvalue weighted by Gasteiger charge is 2.35. The Balaban J connectivity index is 0.888. The van der Waals surface area contributed by atoms with Gasteiger partial charge in [0.1, 0.15) is 23.5 Å². The van der Waals surface area contributed by atoms with Crippen LogP contribution in [0.3, 0.4) is 0 Å². The number of halogens is 2. The summed E-state index contributed by atoms with van der Waals surface area (Å²) >= 11 is 0. The number of fused-ring (bicyclic) bond motifs is 2. The smallest absolute Gasteiger partial charge is 0.294 e. The molecule has 322 valence electrons. The van der Waals surface area contributed by atoms with Crippen LogP contribution in [0.5, 0.6) is 5.75 Å². The third-order valence-electron chi connectivity index (χ3n) is 12.3. The molecule has 3 amide bonds. The van der Waals surface area contributed by atoms with Gasteiger partial charge in [-0.05, 0) is 95.3 Å². The molecule has 2 unspecified atom stereocenters. The van der Waals surface area contributed by atoms with Gasteiger partial charge >= 0.3 is 0 Å². The number of aryl methyl sites for hydroxylation is 2. The van der Waals surface area contributed by atoms with Crippen molar-refractivity contribution in [2.24, 2.45) is 13.0 Å². The molecular weight excluding hydrogens is 789 g/mol. The van der Waals surface area contributed by atoms with Crippen LogP contribution in [0.15, 0.2) is 41.5 Å². The predicted molar refractivity (Wildman–Crippen MR) is 225 cm³/mol. The van der Waals surface area contributed by atoms with Crippen LogP contribution in [0, 0.1) is 18.7 Å². The maximum atomic E-state index is 15.9. The molecule has 3 atom stereocenters. The number of anilines is 3. The van der Waals surface area contributed by atoms with E-state index in [0.29, 0.717) is 71.1 Å². The van der Waals surface area contributed by atoms with Gasteiger partial charge in [-0.3, -0.25) is 33.7 Å². The summed E-state index contributed by atoms with van der Waals surface area (Å²) in [6, 6.07) is 6.53. The number of pyridine rings is 2. The van der Waals surface area contributed by atoms with E-state index in [1.165, 1.54) is 17.7 Å². The van der Waals surface area contributed by atoms with Gasteiger partial charge in [0, 0.05) is 68.1 Å². The van der Waals surface area contributed by atoms with Crippen LogP contribution in [0.1, 0.15) is 80.7 Å². The van der Waals surface area contributed by atoms with E-state index in [9.17, 15) is 19.2 Å². The molecule has 18 heteroatoms. The van der Waals surface area contributed by atoms with E-state index >= 15 is 8.78 Å². The summed E-state index contributed by atoms with van der Waals surface area (Å²) in [4.78, 5) is 67.4. The second-order valence-corrected chi connectivity index (χ2v) is 16.7. The molecule has 16 nitrogen and oxygen atoms in total. The first kappa shape index (κ1) is 41.7. The molecule has 61 heavy (non-hydrogen) atoms. The van der Waals surface area contributed by atoms with Gasteiger partial charge < -0.3 is 25.2 Å². The lowest BCUT2D eigenvalue weighted by Gasteiger charge is -2.39. The van der Waals surface area contributed by atoms with Gasteiger partial charge in [0.05, 0.1) is 35.6 Å². The number of hydrogen-bond acceptors (Lipinski definition) is 12. The van der Waals surface area contributed by atoms with E-state index in [1.807, 2.05) is 37.8 Å². The number of ether oxygens (including phenoxy) is 1. The highest BCUT2D eigenvalue weighted by atomic mass is 19.1. The van der Waals surface area contributed by atoms with Crippen molar-refractivity contribution in [1.82, 2.24) is 44.8 Å². The normalized spacial score (nSPS) is 20.4. The predicted octanol–water partition coefficient (Wildman–Crippen LogP) is 4.53. The summed E-state index contributed by atoms with van der Waals surface area (Å²) in [5, 5.41) is 14.0. The number of likely N-dealkylation sites (tertiary alicyclic amines) is 1. The van der Waals surface area contributed by atoms with Crippen molar-refractivity contribution in [3.63, 3.8) is 0 Å². The number of amides is 3. The molecule has 0 radical (unpaired) electrons. The van der Waals surface area contributed by atoms with Crippen LogP contribution < -0.4 is 31.1 Å². The fourth-order valence-corrected chi connectivity index (χ4v) is 8.86. The molecular formula is C43H51F2N11O5. The van der Waals surface area contributed by atoms with Gasteiger partial charge in [0.25, 0.3) is 11.5 Å². The molecule has 7 heterocycles. The summed E-state index contributed by atoms with van der Waals surface area (Å²) in [6.45, 7) is 8.12. The fraction of sp³-hybridized carbons (Fsp3) is 0.488. The van der Waals surface area contributed by atoms with Crippen LogP contribution in [-0.4, -0.2) is 104 Å². The molecule has 0 saturated carbocycles. The van der Waals surface area contributed by atoms with E-state index in [-0.39, 0.29) is 66.4 Å². The zero-order valence-electron chi connectivity index (χ0n) is 35.0. The van der Waals surface area contributed by atoms with Crippen LogP contribution in [0.4, 0.5) is 26.2 Å². The summed E-state index contributed by atoms with van der Waals surface area (Å²) in [5.41, 5.74) is 3.34. The summed E-state index contributed by atoms with van der Waals surface area (Å²) < 4.78 is 40.5. The zero-order valence-corrected chi connectivity index (χ0v) is 35.0. The number of carbonyl (C=O) groups excluding carboxylic acids is 3. The highest BCUT2D eigenvalue weighted by Crippen LogP contribution is 2.37. The second-order valence-electron chi connectivity index (χ2n) is 16.7. The van der Waals surface area contributed by atoms with Crippen molar-refractivity contribution in [3.8, 4) is 5.75 Å². The molecule has 0 aliphatic carbocycles. The van der Waals surface area contributed by atoms with E-state index in [1.54, 1.807) is 30.2 Å².